The van der Waals surface area contributed by atoms with Crippen LogP contribution < -0.4 is 4.74 Å². The van der Waals surface area contributed by atoms with E-state index in [0.29, 0.717) is 43.6 Å². The third kappa shape index (κ3) is 3.81. The molecule has 1 saturated carbocycles. The van der Waals surface area contributed by atoms with Crippen LogP contribution >= 0.6 is 34.8 Å². The van der Waals surface area contributed by atoms with Crippen molar-refractivity contribution in [1.29, 1.82) is 0 Å². The van der Waals surface area contributed by atoms with Gasteiger partial charge in [0.25, 0.3) is 0 Å². The quantitative estimate of drug-likeness (QED) is 0.508. The molecule has 7 heteroatoms. The maximum Gasteiger partial charge on any atom is 0.147 e. The van der Waals surface area contributed by atoms with Gasteiger partial charge in [0.05, 0.1) is 22.2 Å². The second kappa shape index (κ2) is 7.72. The van der Waals surface area contributed by atoms with Gasteiger partial charge in [0.15, 0.2) is 0 Å². The molecule has 1 N–H and O–H groups in total. The van der Waals surface area contributed by atoms with Crippen LogP contribution in [-0.4, -0.2) is 10.3 Å². The highest BCUT2D eigenvalue weighted by Crippen LogP contribution is 2.46. The smallest absolute Gasteiger partial charge is 0.147 e. The first-order valence-corrected chi connectivity index (χ1v) is 9.66. The Morgan fingerprint density at radius 2 is 1.81 bits per heavy atom. The molecule has 3 aromatic rings. The minimum atomic E-state index is -0.119. The van der Waals surface area contributed by atoms with Crippen LogP contribution in [0.4, 0.5) is 0 Å². The average Bonchev–Trinajstić information content (AvgIpc) is 3.41. The lowest BCUT2D eigenvalue weighted by molar-refractivity contribution is 0.280. The van der Waals surface area contributed by atoms with Crippen LogP contribution in [0.25, 0.3) is 11.3 Å². The topological polar surface area (TPSA) is 55.5 Å². The normalized spacial score (nSPS) is 13.8. The first-order valence-electron chi connectivity index (χ1n) is 8.53. The van der Waals surface area contributed by atoms with Gasteiger partial charge in [-0.2, -0.15) is 0 Å². The molecule has 1 heterocycles. The minimum absolute atomic E-state index is 0.119. The molecule has 0 spiro atoms. The first kappa shape index (κ1) is 18.6. The molecule has 2 aromatic carbocycles. The van der Waals surface area contributed by atoms with Gasteiger partial charge in [-0.25, -0.2) is 0 Å². The number of aromatic nitrogens is 1. The Hall–Kier alpha value is -1.72. The first-order chi connectivity index (χ1) is 13.1. The third-order valence-corrected chi connectivity index (χ3v) is 5.53. The molecular formula is C20H16Cl3NO3. The van der Waals surface area contributed by atoms with Crippen molar-refractivity contribution in [3.05, 3.63) is 68.4 Å². The molecule has 1 aliphatic carbocycles. The number of halogens is 3. The molecule has 0 aliphatic heterocycles. The fourth-order valence-electron chi connectivity index (χ4n) is 2.95. The molecule has 1 fully saturated rings. The average molecular weight is 425 g/mol. The van der Waals surface area contributed by atoms with Gasteiger partial charge in [-0.15, -0.1) is 0 Å². The van der Waals surface area contributed by atoms with Gasteiger partial charge >= 0.3 is 0 Å². The molecule has 0 atom stereocenters. The largest absolute Gasteiger partial charge is 0.489 e. The van der Waals surface area contributed by atoms with E-state index >= 15 is 0 Å². The van der Waals surface area contributed by atoms with Crippen LogP contribution in [0.3, 0.4) is 0 Å². The maximum absolute atomic E-state index is 9.24. The van der Waals surface area contributed by atoms with Crippen molar-refractivity contribution in [2.75, 3.05) is 0 Å². The molecule has 4 rings (SSSR count). The van der Waals surface area contributed by atoms with E-state index < -0.39 is 0 Å². The molecular weight excluding hydrogens is 409 g/mol. The summed E-state index contributed by atoms with van der Waals surface area (Å²) < 4.78 is 11.6. The third-order valence-electron chi connectivity index (χ3n) is 4.54. The van der Waals surface area contributed by atoms with Crippen molar-refractivity contribution in [3.63, 3.8) is 0 Å². The number of ether oxygens (including phenoxy) is 1. The number of hydrogen-bond donors (Lipinski definition) is 1. The number of rotatable bonds is 6. The van der Waals surface area contributed by atoms with Gasteiger partial charge in [0, 0.05) is 16.5 Å². The highest BCUT2D eigenvalue weighted by atomic mass is 35.5. The molecule has 4 nitrogen and oxygen atoms in total. The fourth-order valence-corrected chi connectivity index (χ4v) is 3.76. The summed E-state index contributed by atoms with van der Waals surface area (Å²) in [5.74, 6) is 1.77. The van der Waals surface area contributed by atoms with Gasteiger partial charge in [-0.3, -0.25) is 0 Å². The maximum atomic E-state index is 9.24. The van der Waals surface area contributed by atoms with Crippen molar-refractivity contribution >= 4 is 34.8 Å². The predicted octanol–water partition coefficient (Wildman–Crippen LogP) is 6.25. The van der Waals surface area contributed by atoms with Crippen LogP contribution in [0, 0.1) is 0 Å². The van der Waals surface area contributed by atoms with Crippen molar-refractivity contribution in [2.45, 2.75) is 32.0 Å². The van der Waals surface area contributed by atoms with Crippen LogP contribution in [0.15, 0.2) is 40.9 Å². The SMILES string of the molecule is OCc1ccc(OCc2c(-c3c(Cl)cccc3Cl)noc2C2CC2)cc1Cl. The molecule has 0 unspecified atom stereocenters. The van der Waals surface area contributed by atoms with E-state index in [2.05, 4.69) is 5.16 Å². The van der Waals surface area contributed by atoms with Crippen LogP contribution in [-0.2, 0) is 13.2 Å². The number of aliphatic hydroxyl groups is 1. The predicted molar refractivity (Wildman–Crippen MR) is 106 cm³/mol. The number of hydrogen-bond acceptors (Lipinski definition) is 4. The van der Waals surface area contributed by atoms with E-state index in [4.69, 9.17) is 44.1 Å². The second-order valence-electron chi connectivity index (χ2n) is 6.44. The van der Waals surface area contributed by atoms with E-state index in [1.54, 1.807) is 36.4 Å². The zero-order valence-corrected chi connectivity index (χ0v) is 16.5. The van der Waals surface area contributed by atoms with Gasteiger partial charge < -0.3 is 14.4 Å². The second-order valence-corrected chi connectivity index (χ2v) is 7.67. The van der Waals surface area contributed by atoms with Gasteiger partial charge in [-0.05, 0) is 42.7 Å². The standard InChI is InChI=1S/C20H16Cl3NO3/c21-15-2-1-3-16(22)18(15)19-14(20(27-24-19)11-4-5-11)10-26-13-7-6-12(9-25)17(23)8-13/h1-3,6-8,11,25H,4-5,9-10H2. The Bertz CT molecular complexity index is 962. The molecule has 0 amide bonds. The number of aliphatic hydroxyl groups excluding tert-OH is 1. The summed E-state index contributed by atoms with van der Waals surface area (Å²) in [7, 11) is 0. The van der Waals surface area contributed by atoms with E-state index in [0.717, 1.165) is 24.2 Å². The Morgan fingerprint density at radius 1 is 1.07 bits per heavy atom. The van der Waals surface area contributed by atoms with E-state index in [9.17, 15) is 5.11 Å². The molecule has 140 valence electrons. The lowest BCUT2D eigenvalue weighted by Crippen LogP contribution is -2.00. The number of benzene rings is 2. The fraction of sp³-hybridized carbons (Fsp3) is 0.250. The van der Waals surface area contributed by atoms with E-state index in [1.807, 2.05) is 0 Å². The van der Waals surface area contributed by atoms with Crippen molar-refractivity contribution in [1.82, 2.24) is 5.16 Å². The summed E-state index contributed by atoms with van der Waals surface area (Å²) in [6, 6.07) is 10.5. The molecule has 0 radical (unpaired) electrons. The summed E-state index contributed by atoms with van der Waals surface area (Å²) in [6.07, 6.45) is 2.13. The molecule has 0 saturated heterocycles. The van der Waals surface area contributed by atoms with E-state index in [-0.39, 0.29) is 13.2 Å². The van der Waals surface area contributed by atoms with Gasteiger partial charge in [0.1, 0.15) is 23.8 Å². The monoisotopic (exact) mass is 423 g/mol. The Balaban J connectivity index is 1.67. The van der Waals surface area contributed by atoms with Crippen LogP contribution in [0.5, 0.6) is 5.75 Å². The van der Waals surface area contributed by atoms with Crippen LogP contribution in [0.2, 0.25) is 15.1 Å². The Labute approximate surface area is 171 Å². The van der Waals surface area contributed by atoms with Gasteiger partial charge in [-0.1, -0.05) is 52.1 Å². The van der Waals surface area contributed by atoms with E-state index in [1.165, 1.54) is 0 Å². The summed E-state index contributed by atoms with van der Waals surface area (Å²) in [5.41, 5.74) is 2.74. The summed E-state index contributed by atoms with van der Waals surface area (Å²) in [5, 5.41) is 15.0. The number of nitrogens with zero attached hydrogens (tertiary/aromatic N) is 1. The summed E-state index contributed by atoms with van der Waals surface area (Å²) >= 11 is 18.9. The van der Waals surface area contributed by atoms with Crippen molar-refractivity contribution in [2.24, 2.45) is 0 Å². The highest BCUT2D eigenvalue weighted by molar-refractivity contribution is 6.39. The molecule has 1 aliphatic rings. The minimum Gasteiger partial charge on any atom is -0.489 e. The summed E-state index contributed by atoms with van der Waals surface area (Å²) in [6.45, 7) is 0.132. The molecule has 0 bridgehead atoms. The van der Waals surface area contributed by atoms with Gasteiger partial charge in [0.2, 0.25) is 0 Å². The highest BCUT2D eigenvalue weighted by Gasteiger charge is 2.33. The zero-order valence-electron chi connectivity index (χ0n) is 14.2. The zero-order chi connectivity index (χ0) is 19.0. The van der Waals surface area contributed by atoms with Crippen molar-refractivity contribution in [3.8, 4) is 17.0 Å². The summed E-state index contributed by atoms with van der Waals surface area (Å²) in [4.78, 5) is 0. The van der Waals surface area contributed by atoms with Crippen LogP contribution in [0.1, 0.15) is 35.6 Å². The molecule has 27 heavy (non-hydrogen) atoms. The lowest BCUT2D eigenvalue weighted by Gasteiger charge is -2.10. The molecule has 1 aromatic heterocycles. The van der Waals surface area contributed by atoms with Crippen molar-refractivity contribution < 1.29 is 14.4 Å². The lowest BCUT2D eigenvalue weighted by atomic mass is 10.0. The Morgan fingerprint density at radius 3 is 2.44 bits per heavy atom. The Kier molecular flexibility index (Phi) is 5.33.